The van der Waals surface area contributed by atoms with Crippen molar-refractivity contribution in [2.45, 2.75) is 44.3 Å². The monoisotopic (exact) mass is 333 g/mol. The molecule has 0 bridgehead atoms. The molecule has 3 rings (SSSR count). The maximum Gasteiger partial charge on any atom is 0.257 e. The van der Waals surface area contributed by atoms with Crippen molar-refractivity contribution < 1.29 is 19.0 Å². The Morgan fingerprint density at radius 1 is 1.33 bits per heavy atom. The van der Waals surface area contributed by atoms with Gasteiger partial charge in [-0.3, -0.25) is 4.79 Å². The highest BCUT2D eigenvalue weighted by molar-refractivity contribution is 5.97. The van der Waals surface area contributed by atoms with E-state index in [4.69, 9.17) is 14.2 Å². The Bertz CT molecular complexity index is 564. The minimum Gasteiger partial charge on any atom is -0.496 e. The van der Waals surface area contributed by atoms with Crippen LogP contribution in [0.15, 0.2) is 24.3 Å². The van der Waals surface area contributed by atoms with Crippen LogP contribution in [0.4, 0.5) is 0 Å². The standard InChI is InChI=1S/C19H27NO4/c1-3-23-15-8-13-24-19(14-15)9-11-20(12-10-19)18(21)16-6-4-5-7-17(16)22-2/h4-7,15H,3,8-14H2,1-2H3. The molecule has 0 aromatic heterocycles. The third kappa shape index (κ3) is 3.57. The Labute approximate surface area is 143 Å². The first kappa shape index (κ1) is 17.2. The SMILES string of the molecule is CCOC1CCOC2(CCN(C(=O)c3ccccc3OC)CC2)C1. The first-order valence-electron chi connectivity index (χ1n) is 8.85. The molecule has 0 aliphatic carbocycles. The van der Waals surface area contributed by atoms with E-state index in [9.17, 15) is 4.79 Å². The molecule has 1 atom stereocenters. The second-order valence-electron chi connectivity index (χ2n) is 6.59. The molecule has 0 N–H and O–H groups in total. The zero-order chi connectivity index (χ0) is 17.0. The molecule has 2 aliphatic rings. The quantitative estimate of drug-likeness (QED) is 0.850. The van der Waals surface area contributed by atoms with E-state index in [1.54, 1.807) is 7.11 Å². The van der Waals surface area contributed by atoms with Gasteiger partial charge in [0.2, 0.25) is 0 Å². The van der Waals surface area contributed by atoms with E-state index in [0.29, 0.717) is 17.4 Å². The fraction of sp³-hybridized carbons (Fsp3) is 0.632. The van der Waals surface area contributed by atoms with Crippen molar-refractivity contribution >= 4 is 5.91 Å². The molecule has 1 aromatic rings. The Morgan fingerprint density at radius 2 is 2.08 bits per heavy atom. The van der Waals surface area contributed by atoms with Crippen molar-refractivity contribution in [1.82, 2.24) is 4.90 Å². The average molecular weight is 333 g/mol. The fourth-order valence-corrected chi connectivity index (χ4v) is 3.82. The van der Waals surface area contributed by atoms with Gasteiger partial charge < -0.3 is 19.1 Å². The summed E-state index contributed by atoms with van der Waals surface area (Å²) in [6.07, 6.45) is 3.95. The third-order valence-electron chi connectivity index (χ3n) is 5.15. The van der Waals surface area contributed by atoms with Crippen molar-refractivity contribution in [2.24, 2.45) is 0 Å². The zero-order valence-corrected chi connectivity index (χ0v) is 14.6. The summed E-state index contributed by atoms with van der Waals surface area (Å²) in [7, 11) is 1.60. The van der Waals surface area contributed by atoms with Crippen LogP contribution in [0.25, 0.3) is 0 Å². The molecule has 0 radical (unpaired) electrons. The second-order valence-corrected chi connectivity index (χ2v) is 6.59. The van der Waals surface area contributed by atoms with E-state index >= 15 is 0 Å². The van der Waals surface area contributed by atoms with Gasteiger partial charge in [-0.2, -0.15) is 0 Å². The molecule has 2 aliphatic heterocycles. The molecular weight excluding hydrogens is 306 g/mol. The smallest absolute Gasteiger partial charge is 0.257 e. The van der Waals surface area contributed by atoms with Crippen molar-refractivity contribution in [3.05, 3.63) is 29.8 Å². The van der Waals surface area contributed by atoms with Gasteiger partial charge >= 0.3 is 0 Å². The number of likely N-dealkylation sites (tertiary alicyclic amines) is 1. The van der Waals surface area contributed by atoms with Gasteiger partial charge in [0.15, 0.2) is 0 Å². The predicted molar refractivity (Wildman–Crippen MR) is 91.5 cm³/mol. The van der Waals surface area contributed by atoms with E-state index in [2.05, 4.69) is 0 Å². The Kier molecular flexibility index (Phi) is 5.41. The summed E-state index contributed by atoms with van der Waals surface area (Å²) in [6.45, 7) is 4.98. The molecule has 0 saturated carbocycles. The number of hydrogen-bond donors (Lipinski definition) is 0. The minimum absolute atomic E-state index is 0.0412. The lowest BCUT2D eigenvalue weighted by Gasteiger charge is -2.46. The molecule has 1 aromatic carbocycles. The van der Waals surface area contributed by atoms with Gasteiger partial charge in [0.05, 0.1) is 24.4 Å². The van der Waals surface area contributed by atoms with E-state index in [1.807, 2.05) is 36.1 Å². The average Bonchev–Trinajstić information content (AvgIpc) is 2.62. The number of rotatable bonds is 4. The molecule has 1 spiro atoms. The molecule has 1 amide bonds. The van der Waals surface area contributed by atoms with Crippen molar-refractivity contribution in [2.75, 3.05) is 33.4 Å². The first-order valence-corrected chi connectivity index (χ1v) is 8.85. The van der Waals surface area contributed by atoms with Crippen LogP contribution in [0.5, 0.6) is 5.75 Å². The molecule has 2 heterocycles. The molecular formula is C19H27NO4. The van der Waals surface area contributed by atoms with Crippen LogP contribution in [-0.2, 0) is 9.47 Å². The number of piperidine rings is 1. The summed E-state index contributed by atoms with van der Waals surface area (Å²) in [5, 5.41) is 0. The van der Waals surface area contributed by atoms with Gasteiger partial charge in [-0.15, -0.1) is 0 Å². The van der Waals surface area contributed by atoms with Gasteiger partial charge in [0, 0.05) is 32.7 Å². The van der Waals surface area contributed by atoms with Gasteiger partial charge in [0.1, 0.15) is 5.75 Å². The number of carbonyl (C=O) groups excluding carboxylic acids is 1. The summed E-state index contributed by atoms with van der Waals surface area (Å²) in [5.74, 6) is 0.674. The van der Waals surface area contributed by atoms with E-state index in [0.717, 1.165) is 52.0 Å². The maximum atomic E-state index is 12.8. The van der Waals surface area contributed by atoms with Crippen LogP contribution < -0.4 is 4.74 Å². The highest BCUT2D eigenvalue weighted by atomic mass is 16.5. The molecule has 5 nitrogen and oxygen atoms in total. The van der Waals surface area contributed by atoms with E-state index in [1.165, 1.54) is 0 Å². The number of ether oxygens (including phenoxy) is 3. The number of amides is 1. The molecule has 1 unspecified atom stereocenters. The predicted octanol–water partition coefficient (Wildman–Crippen LogP) is 2.89. The highest BCUT2D eigenvalue weighted by Gasteiger charge is 2.41. The number of carbonyl (C=O) groups is 1. The lowest BCUT2D eigenvalue weighted by atomic mass is 9.83. The Balaban J connectivity index is 1.63. The third-order valence-corrected chi connectivity index (χ3v) is 5.15. The second kappa shape index (κ2) is 7.53. The Morgan fingerprint density at radius 3 is 2.79 bits per heavy atom. The molecule has 132 valence electrons. The summed E-state index contributed by atoms with van der Waals surface area (Å²) >= 11 is 0. The molecule has 2 fully saturated rings. The Hall–Kier alpha value is -1.59. The van der Waals surface area contributed by atoms with E-state index in [-0.39, 0.29) is 11.5 Å². The van der Waals surface area contributed by atoms with Crippen molar-refractivity contribution in [3.8, 4) is 5.75 Å². The summed E-state index contributed by atoms with van der Waals surface area (Å²) in [4.78, 5) is 14.7. The summed E-state index contributed by atoms with van der Waals surface area (Å²) < 4.78 is 17.2. The van der Waals surface area contributed by atoms with E-state index < -0.39 is 0 Å². The van der Waals surface area contributed by atoms with Gasteiger partial charge in [-0.05, 0) is 38.3 Å². The number of benzene rings is 1. The fourth-order valence-electron chi connectivity index (χ4n) is 3.82. The number of hydrogen-bond acceptors (Lipinski definition) is 4. The topological polar surface area (TPSA) is 48.0 Å². The normalized spacial score (nSPS) is 23.2. The van der Waals surface area contributed by atoms with Gasteiger partial charge in [-0.1, -0.05) is 12.1 Å². The molecule has 5 heteroatoms. The molecule has 2 saturated heterocycles. The molecule has 24 heavy (non-hydrogen) atoms. The maximum absolute atomic E-state index is 12.8. The van der Waals surface area contributed by atoms with Gasteiger partial charge in [0.25, 0.3) is 5.91 Å². The zero-order valence-electron chi connectivity index (χ0n) is 14.6. The number of nitrogens with zero attached hydrogens (tertiary/aromatic N) is 1. The van der Waals surface area contributed by atoms with Crippen LogP contribution >= 0.6 is 0 Å². The lowest BCUT2D eigenvalue weighted by molar-refractivity contribution is -0.151. The number of para-hydroxylation sites is 1. The van der Waals surface area contributed by atoms with Crippen LogP contribution in [0.2, 0.25) is 0 Å². The van der Waals surface area contributed by atoms with Crippen molar-refractivity contribution in [3.63, 3.8) is 0 Å². The lowest BCUT2D eigenvalue weighted by Crippen LogP contribution is -2.52. The van der Waals surface area contributed by atoms with Crippen LogP contribution in [0, 0.1) is 0 Å². The summed E-state index contributed by atoms with van der Waals surface area (Å²) in [6, 6.07) is 7.41. The summed E-state index contributed by atoms with van der Waals surface area (Å²) in [5.41, 5.74) is 0.517. The highest BCUT2D eigenvalue weighted by Crippen LogP contribution is 2.36. The largest absolute Gasteiger partial charge is 0.496 e. The minimum atomic E-state index is -0.115. The first-order chi connectivity index (χ1) is 11.7. The van der Waals surface area contributed by atoms with Crippen molar-refractivity contribution in [1.29, 1.82) is 0 Å². The number of methoxy groups -OCH3 is 1. The van der Waals surface area contributed by atoms with Crippen LogP contribution in [-0.4, -0.2) is 55.9 Å². The van der Waals surface area contributed by atoms with Crippen LogP contribution in [0.3, 0.4) is 0 Å². The van der Waals surface area contributed by atoms with Gasteiger partial charge in [-0.25, -0.2) is 0 Å². The van der Waals surface area contributed by atoms with Crippen LogP contribution in [0.1, 0.15) is 43.0 Å².